The van der Waals surface area contributed by atoms with Gasteiger partial charge < -0.3 is 4.79 Å². The Morgan fingerprint density at radius 3 is 2.43 bits per heavy atom. The standard InChI is InChI=1S/C8H6F2O3S/c9-6-1-2-8(7(10)5-6)14(12,13)4-3-11/h1-3,5H,4H2. The van der Waals surface area contributed by atoms with Crippen molar-refractivity contribution in [2.75, 3.05) is 5.75 Å². The molecule has 0 unspecified atom stereocenters. The zero-order valence-corrected chi connectivity index (χ0v) is 7.72. The van der Waals surface area contributed by atoms with Crippen molar-refractivity contribution in [3.63, 3.8) is 0 Å². The molecule has 0 amide bonds. The zero-order valence-electron chi connectivity index (χ0n) is 6.91. The third-order valence-electron chi connectivity index (χ3n) is 1.52. The van der Waals surface area contributed by atoms with E-state index in [1.807, 2.05) is 0 Å². The van der Waals surface area contributed by atoms with Crippen molar-refractivity contribution in [1.29, 1.82) is 0 Å². The minimum absolute atomic E-state index is 0.151. The average Bonchev–Trinajstić information content (AvgIpc) is 2.02. The van der Waals surface area contributed by atoms with Crippen LogP contribution in [-0.2, 0) is 14.6 Å². The normalized spacial score (nSPS) is 11.3. The zero-order chi connectivity index (χ0) is 10.8. The predicted molar refractivity (Wildman–Crippen MR) is 44.5 cm³/mol. The van der Waals surface area contributed by atoms with Crippen molar-refractivity contribution in [3.05, 3.63) is 29.8 Å². The van der Waals surface area contributed by atoms with Gasteiger partial charge in [0.2, 0.25) is 0 Å². The van der Waals surface area contributed by atoms with Crippen molar-refractivity contribution in [1.82, 2.24) is 0 Å². The molecule has 0 spiro atoms. The summed E-state index contributed by atoms with van der Waals surface area (Å²) in [6.07, 6.45) is 0.151. The van der Waals surface area contributed by atoms with E-state index in [0.29, 0.717) is 6.07 Å². The monoisotopic (exact) mass is 220 g/mol. The van der Waals surface area contributed by atoms with E-state index in [1.54, 1.807) is 0 Å². The lowest BCUT2D eigenvalue weighted by molar-refractivity contribution is -0.105. The number of halogens is 2. The van der Waals surface area contributed by atoms with Crippen molar-refractivity contribution in [3.8, 4) is 0 Å². The summed E-state index contributed by atoms with van der Waals surface area (Å²) in [6, 6.07) is 2.07. The molecule has 0 N–H and O–H groups in total. The van der Waals surface area contributed by atoms with E-state index in [9.17, 15) is 22.0 Å². The highest BCUT2D eigenvalue weighted by atomic mass is 32.2. The molecule has 0 radical (unpaired) electrons. The molecule has 76 valence electrons. The van der Waals surface area contributed by atoms with E-state index in [2.05, 4.69) is 0 Å². The van der Waals surface area contributed by atoms with Gasteiger partial charge in [0, 0.05) is 6.07 Å². The molecule has 0 aliphatic rings. The highest BCUT2D eigenvalue weighted by molar-refractivity contribution is 7.92. The number of sulfone groups is 1. The van der Waals surface area contributed by atoms with Gasteiger partial charge in [-0.2, -0.15) is 0 Å². The van der Waals surface area contributed by atoms with Gasteiger partial charge in [0.25, 0.3) is 0 Å². The van der Waals surface area contributed by atoms with Gasteiger partial charge in [0.1, 0.15) is 28.6 Å². The van der Waals surface area contributed by atoms with Crippen LogP contribution < -0.4 is 0 Å². The van der Waals surface area contributed by atoms with Gasteiger partial charge in [0.05, 0.1) is 0 Å². The van der Waals surface area contributed by atoms with E-state index in [0.717, 1.165) is 12.1 Å². The van der Waals surface area contributed by atoms with Crippen molar-refractivity contribution >= 4 is 16.1 Å². The Balaban J connectivity index is 3.26. The van der Waals surface area contributed by atoms with Crippen molar-refractivity contribution in [2.24, 2.45) is 0 Å². The third kappa shape index (κ3) is 2.14. The number of carbonyl (C=O) groups excluding carboxylic acids is 1. The molecule has 0 saturated heterocycles. The molecule has 1 rings (SSSR count). The van der Waals surface area contributed by atoms with Gasteiger partial charge in [-0.25, -0.2) is 17.2 Å². The summed E-state index contributed by atoms with van der Waals surface area (Å²) in [6.45, 7) is 0. The molecule has 0 saturated carbocycles. The van der Waals surface area contributed by atoms with Crippen LogP contribution >= 0.6 is 0 Å². The van der Waals surface area contributed by atoms with Crippen LogP contribution in [-0.4, -0.2) is 20.5 Å². The molecule has 0 aliphatic heterocycles. The second-order valence-electron chi connectivity index (χ2n) is 2.52. The molecule has 0 fully saturated rings. The second kappa shape index (κ2) is 3.83. The van der Waals surface area contributed by atoms with E-state index in [-0.39, 0.29) is 6.29 Å². The Kier molecular flexibility index (Phi) is 2.95. The first kappa shape index (κ1) is 10.8. The molecule has 0 aromatic heterocycles. The van der Waals surface area contributed by atoms with Crippen LogP contribution in [0.3, 0.4) is 0 Å². The highest BCUT2D eigenvalue weighted by Crippen LogP contribution is 2.16. The summed E-state index contributed by atoms with van der Waals surface area (Å²) < 4.78 is 47.7. The lowest BCUT2D eigenvalue weighted by atomic mass is 10.3. The van der Waals surface area contributed by atoms with Gasteiger partial charge in [-0.3, -0.25) is 0 Å². The lowest BCUT2D eigenvalue weighted by Gasteiger charge is -2.01. The summed E-state index contributed by atoms with van der Waals surface area (Å²) >= 11 is 0. The molecule has 6 heteroatoms. The first-order chi connectivity index (χ1) is 6.47. The van der Waals surface area contributed by atoms with Crippen LogP contribution in [0.1, 0.15) is 0 Å². The topological polar surface area (TPSA) is 51.2 Å². The molecule has 3 nitrogen and oxygen atoms in total. The maximum atomic E-state index is 12.9. The Hall–Kier alpha value is -1.30. The number of benzene rings is 1. The summed E-state index contributed by atoms with van der Waals surface area (Å²) in [7, 11) is -3.97. The van der Waals surface area contributed by atoms with Crippen LogP contribution in [0.5, 0.6) is 0 Å². The maximum Gasteiger partial charge on any atom is 0.188 e. The van der Waals surface area contributed by atoms with E-state index in [1.165, 1.54) is 0 Å². The number of aldehydes is 1. The largest absolute Gasteiger partial charge is 0.302 e. The fourth-order valence-corrected chi connectivity index (χ4v) is 1.90. The van der Waals surface area contributed by atoms with Crippen LogP contribution in [0.25, 0.3) is 0 Å². The van der Waals surface area contributed by atoms with E-state index < -0.39 is 32.1 Å². The maximum absolute atomic E-state index is 12.9. The smallest absolute Gasteiger partial charge is 0.188 e. The van der Waals surface area contributed by atoms with E-state index >= 15 is 0 Å². The minimum atomic E-state index is -3.97. The van der Waals surface area contributed by atoms with Crippen molar-refractivity contribution < 1.29 is 22.0 Å². The Morgan fingerprint density at radius 1 is 1.29 bits per heavy atom. The molecule has 0 atom stereocenters. The average molecular weight is 220 g/mol. The van der Waals surface area contributed by atoms with Crippen LogP contribution in [0.4, 0.5) is 8.78 Å². The fraction of sp³-hybridized carbons (Fsp3) is 0.125. The lowest BCUT2D eigenvalue weighted by Crippen LogP contribution is -2.09. The third-order valence-corrected chi connectivity index (χ3v) is 3.09. The highest BCUT2D eigenvalue weighted by Gasteiger charge is 2.18. The molecular formula is C8H6F2O3S. The fourth-order valence-electron chi connectivity index (χ4n) is 0.907. The summed E-state index contributed by atoms with van der Waals surface area (Å²) in [5.74, 6) is -2.87. The quantitative estimate of drug-likeness (QED) is 0.562. The number of hydrogen-bond donors (Lipinski definition) is 0. The first-order valence-corrected chi connectivity index (χ1v) is 5.24. The van der Waals surface area contributed by atoms with Crippen LogP contribution in [0.15, 0.2) is 23.1 Å². The Labute approximate surface area is 79.3 Å². The van der Waals surface area contributed by atoms with Gasteiger partial charge in [-0.05, 0) is 12.1 Å². The van der Waals surface area contributed by atoms with Gasteiger partial charge in [-0.1, -0.05) is 0 Å². The van der Waals surface area contributed by atoms with E-state index in [4.69, 9.17) is 0 Å². The summed E-state index contributed by atoms with van der Waals surface area (Å²) in [4.78, 5) is 9.34. The molecule has 0 bridgehead atoms. The molecule has 14 heavy (non-hydrogen) atoms. The summed E-state index contributed by atoms with van der Waals surface area (Å²) in [5, 5.41) is 0. The Morgan fingerprint density at radius 2 is 1.93 bits per heavy atom. The van der Waals surface area contributed by atoms with Gasteiger partial charge in [0.15, 0.2) is 9.84 Å². The summed E-state index contributed by atoms with van der Waals surface area (Å²) in [5.41, 5.74) is 0. The molecule has 1 aromatic carbocycles. The Bertz CT molecular complexity index is 454. The minimum Gasteiger partial charge on any atom is -0.302 e. The number of rotatable bonds is 3. The van der Waals surface area contributed by atoms with Crippen molar-refractivity contribution in [2.45, 2.75) is 4.90 Å². The van der Waals surface area contributed by atoms with Crippen LogP contribution in [0.2, 0.25) is 0 Å². The number of carbonyl (C=O) groups is 1. The molecule has 0 heterocycles. The van der Waals surface area contributed by atoms with Gasteiger partial charge >= 0.3 is 0 Å². The van der Waals surface area contributed by atoms with Gasteiger partial charge in [-0.15, -0.1) is 0 Å². The molecule has 0 aliphatic carbocycles. The second-order valence-corrected chi connectivity index (χ2v) is 4.53. The van der Waals surface area contributed by atoms with Crippen LogP contribution in [0, 0.1) is 11.6 Å². The SMILES string of the molecule is O=CCS(=O)(=O)c1ccc(F)cc1F. The predicted octanol–water partition coefficient (Wildman–Crippen LogP) is 0.937. The first-order valence-electron chi connectivity index (χ1n) is 3.59. The molecular weight excluding hydrogens is 214 g/mol. The molecule has 1 aromatic rings. The number of hydrogen-bond acceptors (Lipinski definition) is 3.